The number of hydrogen-bond acceptors (Lipinski definition) is 6. The molecule has 2 aromatic rings. The summed E-state index contributed by atoms with van der Waals surface area (Å²) in [5.74, 6) is 1.71. The van der Waals surface area contributed by atoms with Crippen LogP contribution in [0.25, 0.3) is 0 Å². The van der Waals surface area contributed by atoms with Gasteiger partial charge >= 0.3 is 0 Å². The van der Waals surface area contributed by atoms with Crippen LogP contribution in [-0.2, 0) is 13.1 Å². The summed E-state index contributed by atoms with van der Waals surface area (Å²) in [6.07, 6.45) is 0. The Morgan fingerprint density at radius 1 is 0.926 bits per heavy atom. The number of benzene rings is 2. The Bertz CT molecular complexity index is 771. The summed E-state index contributed by atoms with van der Waals surface area (Å²) >= 11 is 0. The van der Waals surface area contributed by atoms with Crippen LogP contribution in [-0.4, -0.2) is 55.1 Å². The first-order valence-electron chi connectivity index (χ1n) is 8.98. The Hall–Kier alpha value is -2.64. The molecule has 0 N–H and O–H groups in total. The Morgan fingerprint density at radius 2 is 1.56 bits per heavy atom. The van der Waals surface area contributed by atoms with Crippen LogP contribution in [0.3, 0.4) is 0 Å². The van der Waals surface area contributed by atoms with Crippen molar-refractivity contribution >= 4 is 5.69 Å². The van der Waals surface area contributed by atoms with E-state index in [1.165, 1.54) is 0 Å². The first-order chi connectivity index (χ1) is 13.1. The summed E-state index contributed by atoms with van der Waals surface area (Å²) in [5.41, 5.74) is 2.36. The van der Waals surface area contributed by atoms with Crippen molar-refractivity contribution in [3.63, 3.8) is 0 Å². The molecule has 0 radical (unpaired) electrons. The van der Waals surface area contributed by atoms with Crippen molar-refractivity contribution in [3.8, 4) is 11.5 Å². The van der Waals surface area contributed by atoms with Gasteiger partial charge in [-0.2, -0.15) is 0 Å². The molecule has 3 rings (SSSR count). The number of methoxy groups -OCH3 is 2. The minimum absolute atomic E-state index is 0.135. The maximum Gasteiger partial charge on any atom is 0.269 e. The van der Waals surface area contributed by atoms with E-state index >= 15 is 0 Å². The number of nitro groups is 1. The molecule has 1 heterocycles. The number of rotatable bonds is 7. The smallest absolute Gasteiger partial charge is 0.269 e. The predicted octanol–water partition coefficient (Wildman–Crippen LogP) is 2.93. The average molecular weight is 371 g/mol. The quantitative estimate of drug-likeness (QED) is 0.551. The number of piperazine rings is 1. The number of non-ortho nitro benzene ring substituents is 1. The first-order valence-corrected chi connectivity index (χ1v) is 8.98. The van der Waals surface area contributed by atoms with Gasteiger partial charge < -0.3 is 9.47 Å². The molecule has 1 aliphatic heterocycles. The number of hydrogen-bond donors (Lipinski definition) is 0. The molecule has 1 saturated heterocycles. The van der Waals surface area contributed by atoms with Crippen LogP contribution < -0.4 is 9.47 Å². The third kappa shape index (κ3) is 4.96. The Balaban J connectivity index is 1.54. The lowest BCUT2D eigenvalue weighted by Gasteiger charge is -2.35. The van der Waals surface area contributed by atoms with E-state index in [1.807, 2.05) is 30.3 Å². The van der Waals surface area contributed by atoms with Crippen LogP contribution >= 0.6 is 0 Å². The number of ether oxygens (including phenoxy) is 2. The lowest BCUT2D eigenvalue weighted by molar-refractivity contribution is -0.384. The van der Waals surface area contributed by atoms with Crippen LogP contribution in [0, 0.1) is 10.1 Å². The van der Waals surface area contributed by atoms with E-state index in [4.69, 9.17) is 9.47 Å². The van der Waals surface area contributed by atoms with Gasteiger partial charge in [0.25, 0.3) is 5.69 Å². The van der Waals surface area contributed by atoms with Gasteiger partial charge in [0.05, 0.1) is 19.1 Å². The van der Waals surface area contributed by atoms with Crippen LogP contribution in [0.5, 0.6) is 11.5 Å². The van der Waals surface area contributed by atoms with Crippen LogP contribution in [0.15, 0.2) is 42.5 Å². The molecule has 0 aliphatic carbocycles. The third-order valence-electron chi connectivity index (χ3n) is 4.90. The van der Waals surface area contributed by atoms with Crippen molar-refractivity contribution in [1.82, 2.24) is 9.80 Å². The van der Waals surface area contributed by atoms with Crippen molar-refractivity contribution < 1.29 is 14.4 Å². The number of nitro benzene ring substituents is 1. The lowest BCUT2D eigenvalue weighted by atomic mass is 10.1. The minimum atomic E-state index is -0.366. The molecule has 27 heavy (non-hydrogen) atoms. The van der Waals surface area contributed by atoms with Gasteiger partial charge in [0.1, 0.15) is 11.5 Å². The fraction of sp³-hybridized carbons (Fsp3) is 0.400. The zero-order valence-electron chi connectivity index (χ0n) is 15.8. The van der Waals surface area contributed by atoms with Gasteiger partial charge in [0, 0.05) is 57.0 Å². The lowest BCUT2D eigenvalue weighted by Crippen LogP contribution is -2.45. The highest BCUT2D eigenvalue weighted by Gasteiger charge is 2.19. The predicted molar refractivity (Wildman–Crippen MR) is 103 cm³/mol. The van der Waals surface area contributed by atoms with Gasteiger partial charge in [0.2, 0.25) is 0 Å². The molecule has 7 nitrogen and oxygen atoms in total. The molecule has 0 amide bonds. The molecule has 0 atom stereocenters. The summed E-state index contributed by atoms with van der Waals surface area (Å²) in [5, 5.41) is 10.7. The molecule has 2 aromatic carbocycles. The molecule has 0 bridgehead atoms. The fourth-order valence-electron chi connectivity index (χ4n) is 3.33. The van der Waals surface area contributed by atoms with Crippen molar-refractivity contribution in [2.75, 3.05) is 40.4 Å². The SMILES string of the molecule is COc1ccc(OC)c(CN2CCN(Cc3ccc([N+](=O)[O-])cc3)CC2)c1. The Labute approximate surface area is 159 Å². The van der Waals surface area contributed by atoms with Gasteiger partial charge in [-0.1, -0.05) is 12.1 Å². The number of nitrogens with zero attached hydrogens (tertiary/aromatic N) is 3. The molecular weight excluding hydrogens is 346 g/mol. The van der Waals surface area contributed by atoms with Crippen molar-refractivity contribution in [3.05, 3.63) is 63.7 Å². The Morgan fingerprint density at radius 3 is 2.11 bits per heavy atom. The van der Waals surface area contributed by atoms with Gasteiger partial charge in [-0.05, 0) is 23.8 Å². The summed E-state index contributed by atoms with van der Waals surface area (Å²) < 4.78 is 10.8. The van der Waals surface area contributed by atoms with E-state index < -0.39 is 0 Å². The second-order valence-electron chi connectivity index (χ2n) is 6.65. The average Bonchev–Trinajstić information content (AvgIpc) is 2.70. The van der Waals surface area contributed by atoms with Crippen molar-refractivity contribution in [2.45, 2.75) is 13.1 Å². The molecule has 7 heteroatoms. The van der Waals surface area contributed by atoms with E-state index in [9.17, 15) is 10.1 Å². The normalized spacial score (nSPS) is 15.5. The molecule has 144 valence electrons. The standard InChI is InChI=1S/C20H25N3O4/c1-26-19-7-8-20(27-2)17(13-19)15-22-11-9-21(10-12-22)14-16-3-5-18(6-4-16)23(24)25/h3-8,13H,9-12,14-15H2,1-2H3. The second-order valence-corrected chi connectivity index (χ2v) is 6.65. The summed E-state index contributed by atoms with van der Waals surface area (Å²) in [6.45, 7) is 5.49. The highest BCUT2D eigenvalue weighted by Crippen LogP contribution is 2.25. The van der Waals surface area contributed by atoms with E-state index in [0.29, 0.717) is 0 Å². The molecule has 1 fully saturated rings. The molecular formula is C20H25N3O4. The molecule has 1 aliphatic rings. The monoisotopic (exact) mass is 371 g/mol. The third-order valence-corrected chi connectivity index (χ3v) is 4.90. The zero-order valence-corrected chi connectivity index (χ0v) is 15.8. The van der Waals surface area contributed by atoms with E-state index in [2.05, 4.69) is 9.80 Å². The largest absolute Gasteiger partial charge is 0.497 e. The van der Waals surface area contributed by atoms with E-state index in [-0.39, 0.29) is 10.6 Å². The van der Waals surface area contributed by atoms with Crippen LogP contribution in [0.4, 0.5) is 5.69 Å². The summed E-state index contributed by atoms with van der Waals surface area (Å²) in [6, 6.07) is 12.7. The second kappa shape index (κ2) is 8.83. The maximum absolute atomic E-state index is 10.7. The Kier molecular flexibility index (Phi) is 6.26. The fourth-order valence-corrected chi connectivity index (χ4v) is 3.33. The van der Waals surface area contributed by atoms with Gasteiger partial charge in [0.15, 0.2) is 0 Å². The minimum Gasteiger partial charge on any atom is -0.497 e. The van der Waals surface area contributed by atoms with E-state index in [0.717, 1.165) is 61.9 Å². The maximum atomic E-state index is 10.7. The van der Waals surface area contributed by atoms with Gasteiger partial charge in [-0.3, -0.25) is 19.9 Å². The van der Waals surface area contributed by atoms with Crippen LogP contribution in [0.2, 0.25) is 0 Å². The summed E-state index contributed by atoms with van der Waals surface area (Å²) in [4.78, 5) is 15.2. The molecule has 0 unspecified atom stereocenters. The van der Waals surface area contributed by atoms with Gasteiger partial charge in [-0.15, -0.1) is 0 Å². The molecule has 0 aromatic heterocycles. The van der Waals surface area contributed by atoms with Crippen LogP contribution in [0.1, 0.15) is 11.1 Å². The first kappa shape index (κ1) is 19.1. The molecule has 0 saturated carbocycles. The van der Waals surface area contributed by atoms with Crippen molar-refractivity contribution in [2.24, 2.45) is 0 Å². The van der Waals surface area contributed by atoms with Crippen molar-refractivity contribution in [1.29, 1.82) is 0 Å². The molecule has 0 spiro atoms. The van der Waals surface area contributed by atoms with E-state index in [1.54, 1.807) is 26.4 Å². The summed E-state index contributed by atoms with van der Waals surface area (Å²) in [7, 11) is 3.36. The topological polar surface area (TPSA) is 68.1 Å². The highest BCUT2D eigenvalue weighted by molar-refractivity contribution is 5.40. The zero-order chi connectivity index (χ0) is 19.2. The van der Waals surface area contributed by atoms with Gasteiger partial charge in [-0.25, -0.2) is 0 Å². The highest BCUT2D eigenvalue weighted by atomic mass is 16.6.